The molecule has 0 aromatic heterocycles. The molecule has 5 rings (SSSR count). The van der Waals surface area contributed by atoms with E-state index in [1.807, 2.05) is 17.8 Å². The van der Waals surface area contributed by atoms with Gasteiger partial charge in [0.25, 0.3) is 0 Å². The summed E-state index contributed by atoms with van der Waals surface area (Å²) in [6, 6.07) is 9.14. The van der Waals surface area contributed by atoms with Crippen LogP contribution in [0.3, 0.4) is 0 Å². The molecule has 16 nitrogen and oxygen atoms in total. The Kier molecular flexibility index (Phi) is 27.2. The second-order valence-corrected chi connectivity index (χ2v) is 18.7. The molecule has 1 aromatic carbocycles. The average molecular weight is 979 g/mol. The molecule has 67 heavy (non-hydrogen) atoms. The van der Waals surface area contributed by atoms with Gasteiger partial charge in [-0.25, -0.2) is 9.59 Å². The molecule has 0 unspecified atom stereocenters. The highest BCUT2D eigenvalue weighted by molar-refractivity contribution is 8.00. The standard InChI is InChI=1S/C49H76ClN5O11S/c1-54(19-6-7-21-55-43-10-3-2-9-39(43)14-15-40-16-17-41(50)37-44(40)55)20-8-13-47(57)66-36-35-65-34-33-64-32-31-63-30-29-62-28-27-61-26-25-60-24-23-59-22-18-51-46(56)12-5-4-11-45-48-42(38-67-45)52-49(58)53-48/h2-3,8-10,13,37,42,45,48H,4-7,11-12,14-36,38H2,1H3,(H,51,56)(H2,52,53,58)/b13-8+/t42-,45-,48-/m0/s1. The number of benzene rings is 1. The average Bonchev–Trinajstić information content (AvgIpc) is 3.84. The molecule has 18 heteroatoms. The number of urea groups is 1. The van der Waals surface area contributed by atoms with E-state index in [9.17, 15) is 14.4 Å². The topological polar surface area (TPSA) is 168 Å². The van der Waals surface area contributed by atoms with Crippen LogP contribution in [0.25, 0.3) is 0 Å². The number of allylic oxidation sites excluding steroid dienone is 3. The molecular weight excluding hydrogens is 902 g/mol. The Morgan fingerprint density at radius 3 is 2.10 bits per heavy atom. The van der Waals surface area contributed by atoms with Crippen molar-refractivity contribution in [2.24, 2.45) is 0 Å². The first-order valence-electron chi connectivity index (χ1n) is 24.3. The van der Waals surface area contributed by atoms with Crippen LogP contribution in [0, 0.1) is 0 Å². The van der Waals surface area contributed by atoms with Crippen LogP contribution in [-0.2, 0) is 53.9 Å². The van der Waals surface area contributed by atoms with Gasteiger partial charge in [-0.1, -0.05) is 42.3 Å². The van der Waals surface area contributed by atoms with E-state index in [1.54, 1.807) is 0 Å². The fourth-order valence-corrected chi connectivity index (χ4v) is 9.99. The van der Waals surface area contributed by atoms with Gasteiger partial charge in [-0.15, -0.1) is 0 Å². The van der Waals surface area contributed by atoms with Crippen LogP contribution in [0.15, 0.2) is 58.8 Å². The number of aryl methyl sites for hydroxylation is 1. The van der Waals surface area contributed by atoms with Gasteiger partial charge in [0.1, 0.15) is 6.61 Å². The van der Waals surface area contributed by atoms with Gasteiger partial charge < -0.3 is 63.6 Å². The first kappa shape index (κ1) is 54.7. The van der Waals surface area contributed by atoms with Crippen molar-refractivity contribution >= 4 is 47.0 Å². The number of halogens is 1. The van der Waals surface area contributed by atoms with E-state index in [0.29, 0.717) is 117 Å². The largest absolute Gasteiger partial charge is 0.460 e. The van der Waals surface area contributed by atoms with Crippen molar-refractivity contribution in [3.05, 3.63) is 64.4 Å². The van der Waals surface area contributed by atoms with E-state index in [4.69, 9.17) is 49.5 Å². The number of esters is 1. The van der Waals surface area contributed by atoms with Crippen LogP contribution >= 0.6 is 23.4 Å². The lowest BCUT2D eigenvalue weighted by Gasteiger charge is -2.30. The molecule has 1 aliphatic carbocycles. The lowest BCUT2D eigenvalue weighted by molar-refractivity contribution is -0.139. The number of ether oxygens (including phenoxy) is 8. The molecule has 3 N–H and O–H groups in total. The Bertz CT molecular complexity index is 1710. The van der Waals surface area contributed by atoms with Crippen molar-refractivity contribution in [3.63, 3.8) is 0 Å². The van der Waals surface area contributed by atoms with Crippen molar-refractivity contribution < 1.29 is 52.3 Å². The summed E-state index contributed by atoms with van der Waals surface area (Å²) in [5, 5.41) is 10.2. The van der Waals surface area contributed by atoms with Gasteiger partial charge in [0.05, 0.1) is 105 Å². The molecule has 376 valence electrons. The molecule has 3 amide bonds. The number of thioether (sulfide) groups is 1. The Labute approximate surface area is 407 Å². The summed E-state index contributed by atoms with van der Waals surface area (Å²) < 4.78 is 43.9. The minimum atomic E-state index is -0.373. The molecule has 3 aliphatic heterocycles. The Hall–Kier alpha value is -3.23. The predicted molar refractivity (Wildman–Crippen MR) is 262 cm³/mol. The number of likely N-dealkylation sites (N-methyl/N-ethyl adjacent to an activating group) is 1. The summed E-state index contributed by atoms with van der Waals surface area (Å²) in [6.45, 7) is 9.41. The van der Waals surface area contributed by atoms with Crippen molar-refractivity contribution in [1.29, 1.82) is 0 Å². The molecule has 2 saturated heterocycles. The third-order valence-corrected chi connectivity index (χ3v) is 13.6. The van der Waals surface area contributed by atoms with Crippen molar-refractivity contribution in [3.8, 4) is 0 Å². The Morgan fingerprint density at radius 1 is 0.791 bits per heavy atom. The van der Waals surface area contributed by atoms with E-state index < -0.39 is 0 Å². The number of nitrogens with zero attached hydrogens (tertiary/aromatic N) is 2. The molecule has 0 radical (unpaired) electrons. The van der Waals surface area contributed by atoms with Crippen molar-refractivity contribution in [1.82, 2.24) is 20.9 Å². The number of unbranched alkanes of at least 4 members (excludes halogenated alkanes) is 2. The molecule has 4 aliphatic rings. The SMILES string of the molecule is CN(C/C=C/C(=O)OCCOCCOCCOCCOCCOCCOCCOCCNC(=O)CCCC[C@@H]1SC[C@@H]2NC(=O)N[C@@H]21)CCCCN1C2=C(CCC(Cl)=C2)CCc2ccccc21. The molecule has 0 saturated carbocycles. The first-order valence-corrected chi connectivity index (χ1v) is 25.7. The van der Waals surface area contributed by atoms with Gasteiger partial charge in [0, 0.05) is 59.6 Å². The highest BCUT2D eigenvalue weighted by Gasteiger charge is 2.42. The van der Waals surface area contributed by atoms with Crippen LogP contribution in [0.2, 0.25) is 0 Å². The second-order valence-electron chi connectivity index (χ2n) is 16.9. The zero-order chi connectivity index (χ0) is 47.2. The third-order valence-electron chi connectivity index (χ3n) is 11.8. The molecule has 1 aromatic rings. The van der Waals surface area contributed by atoms with Crippen LogP contribution < -0.4 is 20.9 Å². The maximum Gasteiger partial charge on any atom is 0.330 e. The summed E-state index contributed by atoms with van der Waals surface area (Å²) >= 11 is 8.40. The van der Waals surface area contributed by atoms with Gasteiger partial charge in [-0.05, 0) is 88.2 Å². The Morgan fingerprint density at radius 2 is 1.42 bits per heavy atom. The van der Waals surface area contributed by atoms with Gasteiger partial charge in [-0.3, -0.25) is 4.79 Å². The lowest BCUT2D eigenvalue weighted by Crippen LogP contribution is -2.36. The summed E-state index contributed by atoms with van der Waals surface area (Å²) in [4.78, 5) is 40.4. The highest BCUT2D eigenvalue weighted by atomic mass is 35.5. The summed E-state index contributed by atoms with van der Waals surface area (Å²) in [7, 11) is 2.07. The zero-order valence-electron chi connectivity index (χ0n) is 39.7. The number of carbonyl (C=O) groups is 3. The van der Waals surface area contributed by atoms with Crippen LogP contribution in [0.1, 0.15) is 63.4 Å². The van der Waals surface area contributed by atoms with Gasteiger partial charge in [0.2, 0.25) is 5.91 Å². The predicted octanol–water partition coefficient (Wildman–Crippen LogP) is 5.38. The fourth-order valence-electron chi connectivity index (χ4n) is 8.25. The number of anilines is 1. The number of hydrogen-bond donors (Lipinski definition) is 3. The zero-order valence-corrected chi connectivity index (χ0v) is 41.2. The first-order chi connectivity index (χ1) is 32.9. The molecule has 3 heterocycles. The monoisotopic (exact) mass is 977 g/mol. The van der Waals surface area contributed by atoms with Crippen LogP contribution in [-0.4, -0.2) is 178 Å². The number of carbonyl (C=O) groups excluding carboxylic acids is 3. The van der Waals surface area contributed by atoms with Gasteiger partial charge in [-0.2, -0.15) is 11.8 Å². The number of hydrogen-bond acceptors (Lipinski definition) is 14. The number of fused-ring (bicyclic) bond motifs is 2. The minimum absolute atomic E-state index is 0.0390. The second kappa shape index (κ2) is 33.3. The molecule has 3 atom stereocenters. The molecule has 0 bridgehead atoms. The van der Waals surface area contributed by atoms with Crippen LogP contribution in [0.4, 0.5) is 10.5 Å². The fraction of sp³-hybridized carbons (Fsp3) is 0.694. The quantitative estimate of drug-likeness (QED) is 0.0337. The summed E-state index contributed by atoms with van der Waals surface area (Å²) in [6.07, 6.45) is 15.1. The van der Waals surface area contributed by atoms with Crippen molar-refractivity contribution in [2.45, 2.75) is 81.5 Å². The van der Waals surface area contributed by atoms with Crippen LogP contribution in [0.5, 0.6) is 0 Å². The van der Waals surface area contributed by atoms with E-state index in [1.165, 1.54) is 28.6 Å². The highest BCUT2D eigenvalue weighted by Crippen LogP contribution is 2.38. The van der Waals surface area contributed by atoms with E-state index in [0.717, 1.165) is 81.7 Å². The third kappa shape index (κ3) is 21.9. The van der Waals surface area contributed by atoms with Gasteiger partial charge >= 0.3 is 12.0 Å². The number of amides is 3. The molecule has 2 fully saturated rings. The minimum Gasteiger partial charge on any atom is -0.460 e. The van der Waals surface area contributed by atoms with Crippen molar-refractivity contribution in [2.75, 3.05) is 143 Å². The number of rotatable bonds is 37. The van der Waals surface area contributed by atoms with E-state index in [-0.39, 0.29) is 36.6 Å². The Balaban J connectivity index is 0.703. The number of nitrogens with one attached hydrogen (secondary N) is 3. The van der Waals surface area contributed by atoms with Gasteiger partial charge in [0.15, 0.2) is 0 Å². The lowest BCUT2D eigenvalue weighted by atomic mass is 9.97. The maximum atomic E-state index is 12.1. The summed E-state index contributed by atoms with van der Waals surface area (Å²) in [5.41, 5.74) is 5.51. The normalized spacial score (nSPS) is 19.0. The smallest absolute Gasteiger partial charge is 0.330 e. The summed E-state index contributed by atoms with van der Waals surface area (Å²) in [5.74, 6) is 0.621. The molecular formula is C49H76ClN5O11S. The maximum absolute atomic E-state index is 12.1. The van der Waals surface area contributed by atoms with E-state index >= 15 is 0 Å². The molecule has 0 spiro atoms. The van der Waals surface area contributed by atoms with E-state index in [2.05, 4.69) is 63.1 Å². The number of para-hydroxylation sites is 1.